The highest BCUT2D eigenvalue weighted by Crippen LogP contribution is 2.30. The number of hydrogen-bond acceptors (Lipinski definition) is 3. The molecule has 0 spiro atoms. The first-order chi connectivity index (χ1) is 6.77. The Morgan fingerprint density at radius 3 is 2.93 bits per heavy atom. The third-order valence-electron chi connectivity index (χ3n) is 2.09. The van der Waals surface area contributed by atoms with Crippen molar-refractivity contribution in [2.45, 2.75) is 13.5 Å². The number of methoxy groups -OCH3 is 1. The van der Waals surface area contributed by atoms with Gasteiger partial charge in [-0.1, -0.05) is 11.6 Å². The first-order valence-corrected chi connectivity index (χ1v) is 4.69. The van der Waals surface area contributed by atoms with Crippen LogP contribution in [0.15, 0.2) is 12.4 Å². The van der Waals surface area contributed by atoms with E-state index < -0.39 is 0 Å². The second-order valence-electron chi connectivity index (χ2n) is 2.84. The van der Waals surface area contributed by atoms with E-state index in [1.165, 1.54) is 0 Å². The summed E-state index contributed by atoms with van der Waals surface area (Å²) in [5, 5.41) is 5.56. The van der Waals surface area contributed by atoms with Crippen molar-refractivity contribution in [1.82, 2.24) is 14.8 Å². The Labute approximate surface area is 86.5 Å². The van der Waals surface area contributed by atoms with Gasteiger partial charge >= 0.3 is 0 Å². The van der Waals surface area contributed by atoms with Crippen LogP contribution in [0.4, 0.5) is 0 Å². The summed E-state index contributed by atoms with van der Waals surface area (Å²) >= 11 is 6.09. The summed E-state index contributed by atoms with van der Waals surface area (Å²) < 4.78 is 6.86. The molecule has 0 unspecified atom stereocenters. The van der Waals surface area contributed by atoms with Crippen LogP contribution in [0, 0.1) is 0 Å². The molecule has 0 saturated carbocycles. The lowest BCUT2D eigenvalue weighted by Gasteiger charge is -2.03. The van der Waals surface area contributed by atoms with E-state index in [9.17, 15) is 0 Å². The van der Waals surface area contributed by atoms with Crippen LogP contribution in [0.2, 0.25) is 5.02 Å². The molecule has 2 heterocycles. The summed E-state index contributed by atoms with van der Waals surface area (Å²) in [5.74, 6) is 0.579. The molecule has 0 bridgehead atoms. The SMILES string of the molecule is CCn1ncc2c(Cl)c(OC)cnc21. The number of aryl methyl sites for hydroxylation is 1. The quantitative estimate of drug-likeness (QED) is 0.764. The summed E-state index contributed by atoms with van der Waals surface area (Å²) in [6.07, 6.45) is 3.31. The lowest BCUT2D eigenvalue weighted by molar-refractivity contribution is 0.414. The van der Waals surface area contributed by atoms with Crippen molar-refractivity contribution in [1.29, 1.82) is 0 Å². The number of fused-ring (bicyclic) bond motifs is 1. The molecule has 0 aliphatic rings. The minimum atomic E-state index is 0.567. The highest BCUT2D eigenvalue weighted by atomic mass is 35.5. The number of nitrogens with zero attached hydrogens (tertiary/aromatic N) is 3. The van der Waals surface area contributed by atoms with Gasteiger partial charge in [-0.2, -0.15) is 5.10 Å². The molecule has 0 amide bonds. The van der Waals surface area contributed by atoms with E-state index in [0.29, 0.717) is 10.8 Å². The van der Waals surface area contributed by atoms with Gasteiger partial charge in [0.1, 0.15) is 0 Å². The lowest BCUT2D eigenvalue weighted by atomic mass is 10.3. The molecular formula is C9H10ClN3O. The number of rotatable bonds is 2. The minimum Gasteiger partial charge on any atom is -0.494 e. The van der Waals surface area contributed by atoms with Crippen LogP contribution >= 0.6 is 11.6 Å². The third-order valence-corrected chi connectivity index (χ3v) is 2.48. The van der Waals surface area contributed by atoms with Gasteiger partial charge in [0.15, 0.2) is 11.4 Å². The molecule has 2 rings (SSSR count). The molecule has 0 aliphatic carbocycles. The van der Waals surface area contributed by atoms with Gasteiger partial charge in [0.05, 0.1) is 29.9 Å². The number of aromatic nitrogens is 3. The molecule has 2 aromatic heterocycles. The fourth-order valence-corrected chi connectivity index (χ4v) is 1.61. The predicted molar refractivity (Wildman–Crippen MR) is 54.8 cm³/mol. The van der Waals surface area contributed by atoms with Crippen molar-refractivity contribution >= 4 is 22.6 Å². The molecule has 0 N–H and O–H groups in total. The molecule has 4 nitrogen and oxygen atoms in total. The zero-order valence-corrected chi connectivity index (χ0v) is 8.75. The summed E-state index contributed by atoms with van der Waals surface area (Å²) in [4.78, 5) is 4.23. The summed E-state index contributed by atoms with van der Waals surface area (Å²) in [5.41, 5.74) is 0.790. The maximum atomic E-state index is 6.09. The van der Waals surface area contributed by atoms with Gasteiger partial charge < -0.3 is 4.74 Å². The average molecular weight is 212 g/mol. The van der Waals surface area contributed by atoms with Crippen LogP contribution < -0.4 is 4.74 Å². The van der Waals surface area contributed by atoms with Crippen LogP contribution in [0.25, 0.3) is 11.0 Å². The van der Waals surface area contributed by atoms with Crippen LogP contribution in [-0.4, -0.2) is 21.9 Å². The first-order valence-electron chi connectivity index (χ1n) is 4.32. The van der Waals surface area contributed by atoms with Gasteiger partial charge in [-0.3, -0.25) is 0 Å². The third kappa shape index (κ3) is 1.23. The molecule has 0 fully saturated rings. The van der Waals surface area contributed by atoms with Crippen molar-refractivity contribution in [2.75, 3.05) is 7.11 Å². The topological polar surface area (TPSA) is 39.9 Å². The number of ether oxygens (including phenoxy) is 1. The van der Waals surface area contributed by atoms with Gasteiger partial charge in [-0.25, -0.2) is 9.67 Å². The van der Waals surface area contributed by atoms with Crippen molar-refractivity contribution in [3.8, 4) is 5.75 Å². The molecule has 0 aromatic carbocycles. The van der Waals surface area contributed by atoms with E-state index in [-0.39, 0.29) is 0 Å². The Hall–Kier alpha value is -1.29. The fourth-order valence-electron chi connectivity index (χ4n) is 1.35. The first kappa shape index (κ1) is 9.27. The monoisotopic (exact) mass is 211 g/mol. The van der Waals surface area contributed by atoms with Crippen LogP contribution in [0.1, 0.15) is 6.92 Å². The standard InChI is InChI=1S/C9H10ClN3O/c1-3-13-9-6(4-12-13)8(10)7(14-2)5-11-9/h4-5H,3H2,1-2H3. The zero-order chi connectivity index (χ0) is 10.1. The second-order valence-corrected chi connectivity index (χ2v) is 3.22. The smallest absolute Gasteiger partial charge is 0.159 e. The predicted octanol–water partition coefficient (Wildman–Crippen LogP) is 2.11. The molecule has 0 radical (unpaired) electrons. The van der Waals surface area contributed by atoms with Gasteiger partial charge in [-0.15, -0.1) is 0 Å². The normalized spacial score (nSPS) is 10.8. The zero-order valence-electron chi connectivity index (χ0n) is 7.99. The number of pyridine rings is 1. The molecule has 14 heavy (non-hydrogen) atoms. The second kappa shape index (κ2) is 3.46. The number of halogens is 1. The average Bonchev–Trinajstić information content (AvgIpc) is 2.62. The van der Waals surface area contributed by atoms with Crippen LogP contribution in [0.5, 0.6) is 5.75 Å². The molecule has 0 saturated heterocycles. The maximum absolute atomic E-state index is 6.09. The van der Waals surface area contributed by atoms with Crippen molar-refractivity contribution in [3.05, 3.63) is 17.4 Å². The molecule has 74 valence electrons. The van der Waals surface area contributed by atoms with E-state index >= 15 is 0 Å². The van der Waals surface area contributed by atoms with E-state index in [1.807, 2.05) is 6.92 Å². The van der Waals surface area contributed by atoms with E-state index in [1.54, 1.807) is 24.2 Å². The van der Waals surface area contributed by atoms with Gasteiger partial charge in [0.2, 0.25) is 0 Å². The molecule has 5 heteroatoms. The van der Waals surface area contributed by atoms with Crippen molar-refractivity contribution in [2.24, 2.45) is 0 Å². The van der Waals surface area contributed by atoms with Crippen molar-refractivity contribution < 1.29 is 4.74 Å². The fraction of sp³-hybridized carbons (Fsp3) is 0.333. The van der Waals surface area contributed by atoms with Crippen LogP contribution in [-0.2, 0) is 6.54 Å². The van der Waals surface area contributed by atoms with Crippen LogP contribution in [0.3, 0.4) is 0 Å². The van der Waals surface area contributed by atoms with E-state index in [2.05, 4.69) is 10.1 Å². The lowest BCUT2D eigenvalue weighted by Crippen LogP contribution is -1.97. The summed E-state index contributed by atoms with van der Waals surface area (Å²) in [6.45, 7) is 2.78. The molecular weight excluding hydrogens is 202 g/mol. The van der Waals surface area contributed by atoms with E-state index in [0.717, 1.165) is 17.6 Å². The Morgan fingerprint density at radius 1 is 1.50 bits per heavy atom. The Balaban J connectivity index is 2.72. The van der Waals surface area contributed by atoms with Gasteiger partial charge in [-0.05, 0) is 6.92 Å². The van der Waals surface area contributed by atoms with E-state index in [4.69, 9.17) is 16.3 Å². The summed E-state index contributed by atoms with van der Waals surface area (Å²) in [6, 6.07) is 0. The Bertz CT molecular complexity index is 466. The Morgan fingerprint density at radius 2 is 2.29 bits per heavy atom. The molecule has 2 aromatic rings. The molecule has 0 aliphatic heterocycles. The highest BCUT2D eigenvalue weighted by Gasteiger charge is 2.10. The maximum Gasteiger partial charge on any atom is 0.159 e. The largest absolute Gasteiger partial charge is 0.494 e. The summed E-state index contributed by atoms with van der Waals surface area (Å²) in [7, 11) is 1.57. The van der Waals surface area contributed by atoms with Gasteiger partial charge in [0, 0.05) is 6.54 Å². The van der Waals surface area contributed by atoms with Crippen molar-refractivity contribution in [3.63, 3.8) is 0 Å². The van der Waals surface area contributed by atoms with Gasteiger partial charge in [0.25, 0.3) is 0 Å². The minimum absolute atomic E-state index is 0.567. The molecule has 0 atom stereocenters. The number of hydrogen-bond donors (Lipinski definition) is 0. The highest BCUT2D eigenvalue weighted by molar-refractivity contribution is 6.36. The Kier molecular flexibility index (Phi) is 2.29.